The number of halogens is 3. The van der Waals surface area contributed by atoms with Crippen LogP contribution in [0.2, 0.25) is 0 Å². The number of nitrogens with one attached hydrogen (secondary N) is 1. The zero-order valence-electron chi connectivity index (χ0n) is 14.1. The molecule has 0 atom stereocenters. The molecule has 9 heteroatoms. The van der Waals surface area contributed by atoms with Crippen LogP contribution < -0.4 is 5.32 Å². The Kier molecular flexibility index (Phi) is 4.03. The number of likely N-dealkylation sites (N-methyl/N-ethyl adjacent to an activating group) is 1. The highest BCUT2D eigenvalue weighted by Gasteiger charge is 2.37. The van der Waals surface area contributed by atoms with Crippen LogP contribution in [0.1, 0.15) is 23.9 Å². The van der Waals surface area contributed by atoms with Gasteiger partial charge in [0.2, 0.25) is 0 Å². The molecule has 3 heterocycles. The van der Waals surface area contributed by atoms with E-state index in [1.807, 2.05) is 12.1 Å². The highest BCUT2D eigenvalue weighted by atomic mass is 19.4. The first-order valence-electron chi connectivity index (χ1n) is 8.35. The van der Waals surface area contributed by atoms with Crippen LogP contribution >= 0.6 is 0 Å². The van der Waals surface area contributed by atoms with E-state index in [1.165, 1.54) is 17.2 Å². The Hall–Kier alpha value is -2.68. The summed E-state index contributed by atoms with van der Waals surface area (Å²) in [5.41, 5.74) is 3.33. The Labute approximate surface area is 147 Å². The molecule has 3 aromatic rings. The van der Waals surface area contributed by atoms with Gasteiger partial charge in [0.15, 0.2) is 11.5 Å². The first-order chi connectivity index (χ1) is 12.5. The Bertz CT molecular complexity index is 949. The topological polar surface area (TPSA) is 58.3 Å². The van der Waals surface area contributed by atoms with E-state index in [0.717, 1.165) is 36.3 Å². The zero-order chi connectivity index (χ0) is 18.3. The molecule has 0 unspecified atom stereocenters. The standard InChI is InChI=1S/C17H17F3N6/c1-2-25-9-8-12-11(10-25)4-3-5-13(12)21-14-6-7-15-22-23-16(17(18,19)20)26(15)24-14/h3-7H,2,8-10H2,1H3,(H,21,24). The van der Waals surface area contributed by atoms with Crippen molar-refractivity contribution in [2.45, 2.75) is 26.1 Å². The molecule has 1 aliphatic heterocycles. The summed E-state index contributed by atoms with van der Waals surface area (Å²) in [5, 5.41) is 13.9. The number of fused-ring (bicyclic) bond motifs is 2. The summed E-state index contributed by atoms with van der Waals surface area (Å²) in [6, 6.07) is 9.01. The number of hydrogen-bond acceptors (Lipinski definition) is 5. The average Bonchev–Trinajstić information content (AvgIpc) is 3.05. The molecule has 0 spiro atoms. The Morgan fingerprint density at radius 3 is 2.77 bits per heavy atom. The van der Waals surface area contributed by atoms with Crippen molar-refractivity contribution in [1.29, 1.82) is 0 Å². The lowest BCUT2D eigenvalue weighted by molar-refractivity contribution is -0.146. The van der Waals surface area contributed by atoms with Crippen LogP contribution in [0.4, 0.5) is 24.7 Å². The fourth-order valence-corrected chi connectivity index (χ4v) is 3.23. The number of rotatable bonds is 3. The van der Waals surface area contributed by atoms with Crippen LogP contribution in [0.3, 0.4) is 0 Å². The molecule has 0 saturated carbocycles. The van der Waals surface area contributed by atoms with Gasteiger partial charge in [-0.2, -0.15) is 17.7 Å². The van der Waals surface area contributed by atoms with E-state index >= 15 is 0 Å². The molecule has 0 fully saturated rings. The van der Waals surface area contributed by atoms with Crippen molar-refractivity contribution in [2.24, 2.45) is 0 Å². The molecule has 0 saturated heterocycles. The Balaban J connectivity index is 1.68. The smallest absolute Gasteiger partial charge is 0.339 e. The molecule has 6 nitrogen and oxygen atoms in total. The van der Waals surface area contributed by atoms with Crippen molar-refractivity contribution in [3.05, 3.63) is 47.3 Å². The van der Waals surface area contributed by atoms with Gasteiger partial charge in [0.25, 0.3) is 5.82 Å². The van der Waals surface area contributed by atoms with Crippen LogP contribution in [0.15, 0.2) is 30.3 Å². The minimum atomic E-state index is -4.61. The second-order valence-electron chi connectivity index (χ2n) is 6.20. The second kappa shape index (κ2) is 6.24. The van der Waals surface area contributed by atoms with Crippen molar-refractivity contribution in [3.8, 4) is 0 Å². The number of hydrogen-bond donors (Lipinski definition) is 1. The first kappa shape index (κ1) is 16.8. The van der Waals surface area contributed by atoms with Crippen molar-refractivity contribution >= 4 is 17.2 Å². The second-order valence-corrected chi connectivity index (χ2v) is 6.20. The molecule has 0 bridgehead atoms. The summed E-state index contributed by atoms with van der Waals surface area (Å²) in [4.78, 5) is 2.35. The van der Waals surface area contributed by atoms with E-state index in [0.29, 0.717) is 5.82 Å². The molecule has 136 valence electrons. The number of alkyl halides is 3. The maximum absolute atomic E-state index is 13.0. The van der Waals surface area contributed by atoms with Gasteiger partial charge in [-0.25, -0.2) is 0 Å². The lowest BCUT2D eigenvalue weighted by Crippen LogP contribution is -2.30. The fraction of sp³-hybridized carbons (Fsp3) is 0.353. The largest absolute Gasteiger partial charge is 0.453 e. The maximum atomic E-state index is 13.0. The number of benzene rings is 1. The van der Waals surface area contributed by atoms with Gasteiger partial charge in [0.05, 0.1) is 0 Å². The third-order valence-corrected chi connectivity index (χ3v) is 4.57. The molecule has 0 radical (unpaired) electrons. The SMILES string of the molecule is CCN1CCc2c(cccc2Nc2ccc3nnc(C(F)(F)F)n3n2)C1. The van der Waals surface area contributed by atoms with Crippen molar-refractivity contribution in [2.75, 3.05) is 18.4 Å². The van der Waals surface area contributed by atoms with Gasteiger partial charge in [-0.3, -0.25) is 4.90 Å². The van der Waals surface area contributed by atoms with Crippen LogP contribution in [0.25, 0.3) is 5.65 Å². The van der Waals surface area contributed by atoms with Crippen molar-refractivity contribution in [3.63, 3.8) is 0 Å². The summed E-state index contributed by atoms with van der Waals surface area (Å²) >= 11 is 0. The predicted octanol–water partition coefficient (Wildman–Crippen LogP) is 3.26. The van der Waals surface area contributed by atoms with E-state index < -0.39 is 12.0 Å². The van der Waals surface area contributed by atoms with Gasteiger partial charge in [-0.05, 0) is 42.3 Å². The lowest BCUT2D eigenvalue weighted by atomic mass is 9.98. The van der Waals surface area contributed by atoms with Crippen LogP contribution in [0, 0.1) is 0 Å². The third-order valence-electron chi connectivity index (χ3n) is 4.57. The predicted molar refractivity (Wildman–Crippen MR) is 90.2 cm³/mol. The van der Waals surface area contributed by atoms with E-state index in [1.54, 1.807) is 6.07 Å². The third kappa shape index (κ3) is 2.98. The van der Waals surface area contributed by atoms with Gasteiger partial charge in [-0.1, -0.05) is 19.1 Å². The number of aromatic nitrogens is 4. The quantitative estimate of drug-likeness (QED) is 0.775. The summed E-state index contributed by atoms with van der Waals surface area (Å²) in [5.74, 6) is -0.820. The normalized spacial score (nSPS) is 15.2. The van der Waals surface area contributed by atoms with E-state index in [4.69, 9.17) is 0 Å². The molecule has 26 heavy (non-hydrogen) atoms. The van der Waals surface area contributed by atoms with Gasteiger partial charge in [0, 0.05) is 18.8 Å². The summed E-state index contributed by atoms with van der Waals surface area (Å²) < 4.78 is 39.8. The first-order valence-corrected chi connectivity index (χ1v) is 8.35. The molecule has 0 aliphatic carbocycles. The minimum Gasteiger partial charge on any atom is -0.339 e. The van der Waals surface area contributed by atoms with Crippen molar-refractivity contribution < 1.29 is 13.2 Å². The Morgan fingerprint density at radius 1 is 1.15 bits per heavy atom. The maximum Gasteiger partial charge on any atom is 0.453 e. The molecule has 4 rings (SSSR count). The zero-order valence-corrected chi connectivity index (χ0v) is 14.1. The summed E-state index contributed by atoms with van der Waals surface area (Å²) in [7, 11) is 0. The van der Waals surface area contributed by atoms with Gasteiger partial charge in [-0.15, -0.1) is 15.3 Å². The molecular weight excluding hydrogens is 345 g/mol. The highest BCUT2D eigenvalue weighted by molar-refractivity contribution is 5.63. The van der Waals surface area contributed by atoms with E-state index in [9.17, 15) is 13.2 Å². The lowest BCUT2D eigenvalue weighted by Gasteiger charge is -2.29. The molecular formula is C17H17F3N6. The summed E-state index contributed by atoms with van der Waals surface area (Å²) in [6.45, 7) is 4.95. The monoisotopic (exact) mass is 362 g/mol. The van der Waals surface area contributed by atoms with Gasteiger partial charge >= 0.3 is 6.18 Å². The van der Waals surface area contributed by atoms with Gasteiger partial charge in [0.1, 0.15) is 0 Å². The molecule has 1 aromatic carbocycles. The van der Waals surface area contributed by atoms with Gasteiger partial charge < -0.3 is 5.32 Å². The van der Waals surface area contributed by atoms with Crippen LogP contribution in [0.5, 0.6) is 0 Å². The average molecular weight is 362 g/mol. The number of nitrogens with zero attached hydrogens (tertiary/aromatic N) is 5. The van der Waals surface area contributed by atoms with Crippen LogP contribution in [-0.2, 0) is 19.1 Å². The van der Waals surface area contributed by atoms with E-state index in [-0.39, 0.29) is 5.65 Å². The Morgan fingerprint density at radius 2 is 2.00 bits per heavy atom. The molecule has 2 aromatic heterocycles. The number of anilines is 2. The summed E-state index contributed by atoms with van der Waals surface area (Å²) in [6.07, 6.45) is -3.73. The van der Waals surface area contributed by atoms with Crippen LogP contribution in [-0.4, -0.2) is 37.8 Å². The molecule has 1 aliphatic rings. The minimum absolute atomic E-state index is 0.0524. The highest BCUT2D eigenvalue weighted by Crippen LogP contribution is 2.30. The van der Waals surface area contributed by atoms with Crippen molar-refractivity contribution in [1.82, 2.24) is 24.7 Å². The van der Waals surface area contributed by atoms with E-state index in [2.05, 4.69) is 38.5 Å². The molecule has 1 N–H and O–H groups in total. The fourth-order valence-electron chi connectivity index (χ4n) is 3.23. The molecule has 0 amide bonds.